The molecule has 1 aliphatic rings. The second-order valence-corrected chi connectivity index (χ2v) is 5.00. The van der Waals surface area contributed by atoms with Gasteiger partial charge in [0.05, 0.1) is 12.1 Å². The Morgan fingerprint density at radius 3 is 2.90 bits per heavy atom. The molecule has 0 radical (unpaired) electrons. The van der Waals surface area contributed by atoms with Gasteiger partial charge in [0.2, 0.25) is 11.6 Å². The van der Waals surface area contributed by atoms with Crippen molar-refractivity contribution in [2.45, 2.75) is 38.4 Å². The molecule has 2 rings (SSSR count). The molecular weight excluding hydrogens is 266 g/mol. The summed E-state index contributed by atoms with van der Waals surface area (Å²) in [5.74, 6) is -2.12. The zero-order valence-electron chi connectivity index (χ0n) is 11.3. The third-order valence-corrected chi connectivity index (χ3v) is 3.44. The van der Waals surface area contributed by atoms with Gasteiger partial charge in [-0.15, -0.1) is 0 Å². The van der Waals surface area contributed by atoms with Gasteiger partial charge in [0.15, 0.2) is 0 Å². The number of benzene rings is 1. The first-order valence-electron chi connectivity index (χ1n) is 6.46. The smallest absolute Gasteiger partial charge is 0.263 e. The number of carbonyl (C=O) groups is 2. The van der Waals surface area contributed by atoms with Crippen molar-refractivity contribution in [2.75, 3.05) is 5.32 Å². The molecule has 0 bridgehead atoms. The fourth-order valence-electron chi connectivity index (χ4n) is 2.12. The second kappa shape index (κ2) is 5.19. The van der Waals surface area contributed by atoms with Crippen LogP contribution in [-0.4, -0.2) is 17.9 Å². The van der Waals surface area contributed by atoms with Crippen molar-refractivity contribution in [3.63, 3.8) is 0 Å². The number of alkyl halides is 1. The van der Waals surface area contributed by atoms with Crippen LogP contribution in [0.1, 0.15) is 32.3 Å². The van der Waals surface area contributed by atoms with E-state index in [-0.39, 0.29) is 17.3 Å². The van der Waals surface area contributed by atoms with E-state index in [1.165, 1.54) is 6.07 Å². The summed E-state index contributed by atoms with van der Waals surface area (Å²) in [4.78, 5) is 23.7. The Morgan fingerprint density at radius 1 is 1.55 bits per heavy atom. The summed E-state index contributed by atoms with van der Waals surface area (Å²) < 4.78 is 28.2. The van der Waals surface area contributed by atoms with Crippen molar-refractivity contribution in [3.05, 3.63) is 29.6 Å². The van der Waals surface area contributed by atoms with Crippen LogP contribution in [0.4, 0.5) is 14.5 Å². The van der Waals surface area contributed by atoms with E-state index in [4.69, 9.17) is 0 Å². The Bertz CT molecular complexity index is 562. The molecule has 0 saturated heterocycles. The number of amides is 2. The Kier molecular flexibility index (Phi) is 3.74. The van der Waals surface area contributed by atoms with E-state index < -0.39 is 29.7 Å². The molecule has 20 heavy (non-hydrogen) atoms. The second-order valence-electron chi connectivity index (χ2n) is 5.00. The Labute approximate surface area is 115 Å². The number of hydrogen-bond donors (Lipinski definition) is 2. The summed E-state index contributed by atoms with van der Waals surface area (Å²) in [7, 11) is 0. The predicted molar refractivity (Wildman–Crippen MR) is 70.3 cm³/mol. The molecule has 0 spiro atoms. The lowest BCUT2D eigenvalue weighted by Gasteiger charge is -2.31. The van der Waals surface area contributed by atoms with Gasteiger partial charge in [-0.25, -0.2) is 8.78 Å². The van der Waals surface area contributed by atoms with E-state index in [1.54, 1.807) is 6.92 Å². The van der Waals surface area contributed by atoms with Gasteiger partial charge in [0.25, 0.3) is 5.91 Å². The molecule has 2 N–H and O–H groups in total. The normalized spacial score (nSPS) is 22.7. The van der Waals surface area contributed by atoms with Crippen molar-refractivity contribution in [3.8, 4) is 0 Å². The number of carbonyl (C=O) groups excluding carboxylic acids is 2. The number of rotatable bonds is 3. The molecule has 108 valence electrons. The van der Waals surface area contributed by atoms with Crippen LogP contribution in [0.3, 0.4) is 0 Å². The summed E-state index contributed by atoms with van der Waals surface area (Å²) in [6.45, 7) is 3.60. The predicted octanol–water partition coefficient (Wildman–Crippen LogP) is 2.25. The molecule has 1 unspecified atom stereocenters. The molecule has 1 aromatic carbocycles. The van der Waals surface area contributed by atoms with Crippen LogP contribution in [0.2, 0.25) is 0 Å². The molecule has 2 amide bonds. The third-order valence-electron chi connectivity index (χ3n) is 3.44. The molecule has 0 aliphatic carbocycles. The van der Waals surface area contributed by atoms with E-state index in [9.17, 15) is 14.0 Å². The molecule has 4 nitrogen and oxygen atoms in total. The molecular formula is C14H16F2N2O2. The zero-order chi connectivity index (χ0) is 14.9. The molecule has 1 heterocycles. The van der Waals surface area contributed by atoms with E-state index >= 15 is 4.39 Å². The van der Waals surface area contributed by atoms with Gasteiger partial charge in [-0.1, -0.05) is 13.0 Å². The number of hydrogen-bond acceptors (Lipinski definition) is 2. The van der Waals surface area contributed by atoms with Crippen LogP contribution in [0.15, 0.2) is 18.2 Å². The van der Waals surface area contributed by atoms with Crippen molar-refractivity contribution in [2.24, 2.45) is 0 Å². The molecule has 1 aromatic rings. The number of halogens is 2. The highest BCUT2D eigenvalue weighted by Crippen LogP contribution is 2.39. The van der Waals surface area contributed by atoms with E-state index in [2.05, 4.69) is 10.6 Å². The molecule has 0 saturated carbocycles. The maximum atomic E-state index is 15.0. The Morgan fingerprint density at radius 2 is 2.25 bits per heavy atom. The van der Waals surface area contributed by atoms with Crippen LogP contribution >= 0.6 is 0 Å². The van der Waals surface area contributed by atoms with Gasteiger partial charge in [-0.3, -0.25) is 9.59 Å². The standard InChI is InChI=1S/C14H16F2N2O2/c1-3-8(2)17-13(20)14(16)7-12(19)18-11-6-9(15)4-5-10(11)14/h4-6,8H,3,7H2,1-2H3,(H,17,20)(H,18,19)/t8?,14-/m0/s1. The maximum Gasteiger partial charge on any atom is 0.263 e. The molecule has 0 aromatic heterocycles. The van der Waals surface area contributed by atoms with Crippen LogP contribution in [0.25, 0.3) is 0 Å². The lowest BCUT2D eigenvalue weighted by Crippen LogP contribution is -2.48. The van der Waals surface area contributed by atoms with Gasteiger partial charge in [-0.05, 0) is 25.5 Å². The lowest BCUT2D eigenvalue weighted by atomic mass is 9.86. The highest BCUT2D eigenvalue weighted by molar-refractivity contribution is 6.02. The third kappa shape index (κ3) is 2.50. The van der Waals surface area contributed by atoms with Crippen LogP contribution in [0.5, 0.6) is 0 Å². The van der Waals surface area contributed by atoms with Crippen molar-refractivity contribution in [1.29, 1.82) is 0 Å². The minimum atomic E-state index is -2.46. The first-order valence-corrected chi connectivity index (χ1v) is 6.46. The fourth-order valence-corrected chi connectivity index (χ4v) is 2.12. The largest absolute Gasteiger partial charge is 0.351 e. The number of anilines is 1. The fraction of sp³-hybridized carbons (Fsp3) is 0.429. The van der Waals surface area contributed by atoms with Gasteiger partial charge >= 0.3 is 0 Å². The van der Waals surface area contributed by atoms with Crippen LogP contribution < -0.4 is 10.6 Å². The van der Waals surface area contributed by atoms with Crippen molar-refractivity contribution in [1.82, 2.24) is 5.32 Å². The van der Waals surface area contributed by atoms with Gasteiger partial charge in [0.1, 0.15) is 5.82 Å². The van der Waals surface area contributed by atoms with Gasteiger partial charge in [0, 0.05) is 11.6 Å². The van der Waals surface area contributed by atoms with Crippen molar-refractivity contribution >= 4 is 17.5 Å². The van der Waals surface area contributed by atoms with Crippen molar-refractivity contribution < 1.29 is 18.4 Å². The minimum Gasteiger partial charge on any atom is -0.351 e. The summed E-state index contributed by atoms with van der Waals surface area (Å²) in [5, 5.41) is 4.91. The highest BCUT2D eigenvalue weighted by Gasteiger charge is 2.47. The highest BCUT2D eigenvalue weighted by atomic mass is 19.1. The first-order chi connectivity index (χ1) is 9.36. The summed E-state index contributed by atoms with van der Waals surface area (Å²) in [5.41, 5.74) is -2.48. The average molecular weight is 282 g/mol. The topological polar surface area (TPSA) is 58.2 Å². The van der Waals surface area contributed by atoms with Crippen LogP contribution in [0, 0.1) is 5.82 Å². The lowest BCUT2D eigenvalue weighted by molar-refractivity contribution is -0.138. The van der Waals surface area contributed by atoms with Gasteiger partial charge in [-0.2, -0.15) is 0 Å². The number of nitrogens with one attached hydrogen (secondary N) is 2. The summed E-state index contributed by atoms with van der Waals surface area (Å²) >= 11 is 0. The van der Waals surface area contributed by atoms with Gasteiger partial charge < -0.3 is 10.6 Å². The quantitative estimate of drug-likeness (QED) is 0.893. The summed E-state index contributed by atoms with van der Waals surface area (Å²) in [6.07, 6.45) is 0.0399. The maximum absolute atomic E-state index is 15.0. The monoisotopic (exact) mass is 282 g/mol. The van der Waals surface area contributed by atoms with E-state index in [0.717, 1.165) is 12.1 Å². The average Bonchev–Trinajstić information content (AvgIpc) is 2.37. The van der Waals surface area contributed by atoms with E-state index in [0.29, 0.717) is 6.42 Å². The Hall–Kier alpha value is -1.98. The zero-order valence-corrected chi connectivity index (χ0v) is 11.3. The van der Waals surface area contributed by atoms with Crippen LogP contribution in [-0.2, 0) is 15.3 Å². The molecule has 6 heteroatoms. The molecule has 0 fully saturated rings. The SMILES string of the molecule is CCC(C)NC(=O)[C@]1(F)CC(=O)Nc2cc(F)ccc21. The minimum absolute atomic E-state index is 0.00283. The molecule has 1 aliphatic heterocycles. The number of fused-ring (bicyclic) bond motifs is 1. The summed E-state index contributed by atoms with van der Waals surface area (Å²) in [6, 6.07) is 3.07. The van der Waals surface area contributed by atoms with E-state index in [1.807, 2.05) is 6.92 Å². The Balaban J connectivity index is 2.41. The molecule has 2 atom stereocenters. The first kappa shape index (κ1) is 14.4.